The SMILES string of the molecule is CCOC(=O)c1c(NC(=O)c2cc3cc([N+](=O)[O-])ccc3oc2=N)sc(C(=O)N(C)C)c1C. The minimum Gasteiger partial charge on any atom is -0.462 e. The number of carbonyl (C=O) groups is 3. The van der Waals surface area contributed by atoms with Crippen LogP contribution in [-0.2, 0) is 4.74 Å². The third-order valence-electron chi connectivity index (χ3n) is 4.66. The highest BCUT2D eigenvalue weighted by Gasteiger charge is 2.28. The van der Waals surface area contributed by atoms with Crippen LogP contribution in [0.4, 0.5) is 10.7 Å². The van der Waals surface area contributed by atoms with E-state index in [4.69, 9.17) is 14.6 Å². The lowest BCUT2D eigenvalue weighted by Crippen LogP contribution is -2.21. The van der Waals surface area contributed by atoms with E-state index < -0.39 is 22.4 Å². The Morgan fingerprint density at radius 2 is 1.97 bits per heavy atom. The van der Waals surface area contributed by atoms with E-state index in [0.717, 1.165) is 11.3 Å². The fraction of sp³-hybridized carbons (Fsp3) is 0.238. The molecule has 0 atom stereocenters. The van der Waals surface area contributed by atoms with Crippen molar-refractivity contribution in [2.75, 3.05) is 26.0 Å². The van der Waals surface area contributed by atoms with E-state index in [1.807, 2.05) is 0 Å². The van der Waals surface area contributed by atoms with Gasteiger partial charge in [0, 0.05) is 31.6 Å². The molecule has 33 heavy (non-hydrogen) atoms. The highest BCUT2D eigenvalue weighted by Crippen LogP contribution is 2.34. The normalized spacial score (nSPS) is 10.7. The van der Waals surface area contributed by atoms with Crippen molar-refractivity contribution in [1.82, 2.24) is 4.90 Å². The van der Waals surface area contributed by atoms with Crippen LogP contribution in [0.3, 0.4) is 0 Å². The minimum absolute atomic E-state index is 0.0419. The van der Waals surface area contributed by atoms with Gasteiger partial charge in [0.25, 0.3) is 17.5 Å². The second kappa shape index (κ2) is 9.20. The molecule has 1 aromatic carbocycles. The van der Waals surface area contributed by atoms with E-state index in [0.29, 0.717) is 5.56 Å². The Kier molecular flexibility index (Phi) is 6.58. The van der Waals surface area contributed by atoms with E-state index in [9.17, 15) is 24.5 Å². The molecule has 2 aromatic heterocycles. The number of amides is 2. The summed E-state index contributed by atoms with van der Waals surface area (Å²) in [4.78, 5) is 50.1. The van der Waals surface area contributed by atoms with Crippen LogP contribution in [0.25, 0.3) is 11.0 Å². The zero-order chi connectivity index (χ0) is 24.4. The Labute approximate surface area is 191 Å². The van der Waals surface area contributed by atoms with Gasteiger partial charge in [-0.1, -0.05) is 0 Å². The van der Waals surface area contributed by atoms with E-state index in [1.165, 1.54) is 29.2 Å². The summed E-state index contributed by atoms with van der Waals surface area (Å²) in [6, 6.07) is 5.09. The monoisotopic (exact) mass is 472 g/mol. The lowest BCUT2D eigenvalue weighted by Gasteiger charge is -2.09. The molecule has 2 N–H and O–H groups in total. The van der Waals surface area contributed by atoms with Crippen molar-refractivity contribution in [2.45, 2.75) is 13.8 Å². The van der Waals surface area contributed by atoms with Gasteiger partial charge in [-0.2, -0.15) is 0 Å². The molecule has 0 saturated carbocycles. The molecule has 172 valence electrons. The minimum atomic E-state index is -0.784. The average molecular weight is 472 g/mol. The van der Waals surface area contributed by atoms with Crippen molar-refractivity contribution >= 4 is 50.8 Å². The number of nitrogens with zero attached hydrogens (tertiary/aromatic N) is 2. The molecule has 0 aliphatic rings. The van der Waals surface area contributed by atoms with Crippen LogP contribution in [0.1, 0.15) is 42.9 Å². The highest BCUT2D eigenvalue weighted by molar-refractivity contribution is 7.18. The van der Waals surface area contributed by atoms with Gasteiger partial charge < -0.3 is 19.4 Å². The number of ether oxygens (including phenoxy) is 1. The lowest BCUT2D eigenvalue weighted by molar-refractivity contribution is -0.384. The molecule has 0 unspecified atom stereocenters. The Hall–Kier alpha value is -4.06. The molecule has 0 aliphatic heterocycles. The second-order valence-corrected chi connectivity index (χ2v) is 8.12. The number of rotatable bonds is 6. The average Bonchev–Trinajstić information content (AvgIpc) is 3.07. The number of esters is 1. The molecule has 2 amide bonds. The van der Waals surface area contributed by atoms with Gasteiger partial charge in [-0.25, -0.2) is 4.79 Å². The molecule has 3 aromatic rings. The van der Waals surface area contributed by atoms with Crippen LogP contribution in [0.5, 0.6) is 0 Å². The van der Waals surface area contributed by atoms with Crippen LogP contribution in [0, 0.1) is 22.4 Å². The number of hydrogen-bond donors (Lipinski definition) is 2. The van der Waals surface area contributed by atoms with E-state index in [-0.39, 0.29) is 50.2 Å². The summed E-state index contributed by atoms with van der Waals surface area (Å²) >= 11 is 0.910. The summed E-state index contributed by atoms with van der Waals surface area (Å²) in [5.74, 6) is -1.84. The van der Waals surface area contributed by atoms with Gasteiger partial charge in [-0.05, 0) is 31.5 Å². The van der Waals surface area contributed by atoms with Crippen LogP contribution < -0.4 is 10.9 Å². The fourth-order valence-corrected chi connectivity index (χ4v) is 4.25. The largest absolute Gasteiger partial charge is 0.462 e. The van der Waals surface area contributed by atoms with E-state index in [1.54, 1.807) is 27.9 Å². The maximum atomic E-state index is 13.0. The van der Waals surface area contributed by atoms with Crippen molar-refractivity contribution < 1.29 is 28.5 Å². The third kappa shape index (κ3) is 4.60. The quantitative estimate of drug-likeness (QED) is 0.317. The van der Waals surface area contributed by atoms with Crippen LogP contribution in [-0.4, -0.2) is 48.3 Å². The summed E-state index contributed by atoms with van der Waals surface area (Å²) in [5.41, 5.74) is -0.279. The number of nitro groups is 1. The Morgan fingerprint density at radius 3 is 2.58 bits per heavy atom. The summed E-state index contributed by atoms with van der Waals surface area (Å²) < 4.78 is 10.4. The number of thiophene rings is 1. The summed E-state index contributed by atoms with van der Waals surface area (Å²) in [6.45, 7) is 3.30. The van der Waals surface area contributed by atoms with Crippen LogP contribution in [0.2, 0.25) is 0 Å². The molecule has 3 rings (SSSR count). The molecule has 0 fully saturated rings. The number of carbonyl (C=O) groups excluding carboxylic acids is 3. The number of anilines is 1. The summed E-state index contributed by atoms with van der Waals surface area (Å²) in [7, 11) is 3.12. The topological polar surface area (TPSA) is 156 Å². The first-order valence-corrected chi connectivity index (χ1v) is 10.5. The maximum Gasteiger partial charge on any atom is 0.341 e. The zero-order valence-corrected chi connectivity index (χ0v) is 19.0. The van der Waals surface area contributed by atoms with Crippen LogP contribution >= 0.6 is 11.3 Å². The lowest BCUT2D eigenvalue weighted by atomic mass is 10.1. The number of fused-ring (bicyclic) bond motifs is 1. The number of benzene rings is 1. The molecule has 0 aliphatic carbocycles. The van der Waals surface area contributed by atoms with Gasteiger partial charge in [0.2, 0.25) is 5.55 Å². The highest BCUT2D eigenvalue weighted by atomic mass is 32.1. The Bertz CT molecular complexity index is 1360. The summed E-state index contributed by atoms with van der Waals surface area (Å²) in [5, 5.41) is 22.0. The Morgan fingerprint density at radius 1 is 1.27 bits per heavy atom. The number of nitro benzene ring substituents is 1. The smallest absolute Gasteiger partial charge is 0.341 e. The van der Waals surface area contributed by atoms with Gasteiger partial charge in [0.15, 0.2) is 0 Å². The van der Waals surface area contributed by atoms with Crippen molar-refractivity contribution in [3.63, 3.8) is 0 Å². The predicted octanol–water partition coefficient (Wildman–Crippen LogP) is 3.32. The van der Waals surface area contributed by atoms with Gasteiger partial charge in [-0.3, -0.25) is 25.1 Å². The van der Waals surface area contributed by atoms with Gasteiger partial charge in [-0.15, -0.1) is 11.3 Å². The fourth-order valence-electron chi connectivity index (χ4n) is 3.04. The van der Waals surface area contributed by atoms with Gasteiger partial charge in [0.05, 0.1) is 22.0 Å². The maximum absolute atomic E-state index is 13.0. The van der Waals surface area contributed by atoms with Crippen molar-refractivity contribution in [2.24, 2.45) is 0 Å². The molecule has 2 heterocycles. The molecule has 0 saturated heterocycles. The summed E-state index contributed by atoms with van der Waals surface area (Å²) in [6.07, 6.45) is 0. The zero-order valence-electron chi connectivity index (χ0n) is 18.2. The number of nitrogens with one attached hydrogen (secondary N) is 2. The van der Waals surface area contributed by atoms with Crippen molar-refractivity contribution in [1.29, 1.82) is 5.41 Å². The molecular weight excluding hydrogens is 452 g/mol. The molecule has 0 radical (unpaired) electrons. The van der Waals surface area contributed by atoms with E-state index >= 15 is 0 Å². The van der Waals surface area contributed by atoms with Gasteiger partial charge >= 0.3 is 5.97 Å². The predicted molar refractivity (Wildman–Crippen MR) is 120 cm³/mol. The second-order valence-electron chi connectivity index (χ2n) is 7.10. The number of hydrogen-bond acceptors (Lipinski definition) is 9. The molecule has 11 nitrogen and oxygen atoms in total. The first-order chi connectivity index (χ1) is 15.5. The molecular formula is C21H20N4O7S. The standard InChI is InChI=1S/C21H20N4O7S/c1-5-31-21(28)15-10(2)16(20(27)24(3)4)33-19(15)23-18(26)13-9-11-8-12(25(29)30)6-7-14(11)32-17(13)22/h6-9,22H,5H2,1-4H3,(H,23,26). The van der Waals surface area contributed by atoms with Crippen molar-refractivity contribution in [3.8, 4) is 0 Å². The molecule has 12 heteroatoms. The molecule has 0 spiro atoms. The number of non-ortho nitro benzene ring substituents is 1. The first kappa shape index (κ1) is 23.6. The molecule has 0 bridgehead atoms. The first-order valence-electron chi connectivity index (χ1n) is 9.65. The third-order valence-corrected chi connectivity index (χ3v) is 5.85. The van der Waals surface area contributed by atoms with Crippen LogP contribution in [0.15, 0.2) is 28.7 Å². The van der Waals surface area contributed by atoms with Gasteiger partial charge in [0.1, 0.15) is 16.1 Å². The Balaban J connectivity index is 2.07. The van der Waals surface area contributed by atoms with E-state index in [2.05, 4.69) is 5.32 Å². The van der Waals surface area contributed by atoms with Crippen molar-refractivity contribution in [3.05, 3.63) is 61.5 Å².